The predicted molar refractivity (Wildman–Crippen MR) is 88.7 cm³/mol. The normalized spacial score (nSPS) is 16.5. The molecule has 1 amide bonds. The van der Waals surface area contributed by atoms with Crippen molar-refractivity contribution in [2.75, 3.05) is 19.8 Å². The molecular weight excluding hydrogens is 310 g/mol. The van der Waals surface area contributed by atoms with Crippen LogP contribution in [-0.2, 0) is 19.1 Å². The Balaban J connectivity index is 1.85. The standard InChI is InChI=1S/C18H25NO5/c1-13-4-2-3-5-15(13)16(12-18(21)22)19-17(20)8-11-24-14-6-9-23-10-7-14/h2-5,14,16H,6-12H2,1H3,(H,19,20)(H,21,22). The summed E-state index contributed by atoms with van der Waals surface area (Å²) in [5.41, 5.74) is 1.79. The van der Waals surface area contributed by atoms with Crippen molar-refractivity contribution in [1.82, 2.24) is 5.32 Å². The molecule has 0 bridgehead atoms. The van der Waals surface area contributed by atoms with Gasteiger partial charge in [-0.15, -0.1) is 0 Å². The lowest BCUT2D eigenvalue weighted by Gasteiger charge is -2.23. The third kappa shape index (κ3) is 5.94. The molecule has 1 fully saturated rings. The summed E-state index contributed by atoms with van der Waals surface area (Å²) in [5, 5.41) is 11.9. The number of carbonyl (C=O) groups is 2. The maximum Gasteiger partial charge on any atom is 0.305 e. The van der Waals surface area contributed by atoms with Crippen LogP contribution in [0, 0.1) is 6.92 Å². The van der Waals surface area contributed by atoms with Crippen LogP contribution < -0.4 is 5.32 Å². The second kappa shape index (κ2) is 9.39. The third-order valence-electron chi connectivity index (χ3n) is 4.13. The first-order valence-electron chi connectivity index (χ1n) is 8.32. The highest BCUT2D eigenvalue weighted by Crippen LogP contribution is 2.21. The summed E-state index contributed by atoms with van der Waals surface area (Å²) in [6.07, 6.45) is 1.94. The second-order valence-corrected chi connectivity index (χ2v) is 6.01. The summed E-state index contributed by atoms with van der Waals surface area (Å²) in [6.45, 7) is 3.64. The fourth-order valence-electron chi connectivity index (χ4n) is 2.82. The highest BCUT2D eigenvalue weighted by Gasteiger charge is 2.20. The highest BCUT2D eigenvalue weighted by molar-refractivity contribution is 5.78. The smallest absolute Gasteiger partial charge is 0.305 e. The van der Waals surface area contributed by atoms with Gasteiger partial charge < -0.3 is 19.9 Å². The molecule has 1 aliphatic heterocycles. The van der Waals surface area contributed by atoms with Crippen molar-refractivity contribution in [3.05, 3.63) is 35.4 Å². The van der Waals surface area contributed by atoms with Crippen molar-refractivity contribution in [2.45, 2.75) is 44.8 Å². The molecule has 1 heterocycles. The number of hydrogen-bond donors (Lipinski definition) is 2. The van der Waals surface area contributed by atoms with E-state index in [0.29, 0.717) is 19.8 Å². The molecule has 0 aromatic heterocycles. The average Bonchev–Trinajstić information content (AvgIpc) is 2.55. The summed E-state index contributed by atoms with van der Waals surface area (Å²) in [4.78, 5) is 23.3. The topological polar surface area (TPSA) is 84.9 Å². The van der Waals surface area contributed by atoms with Gasteiger partial charge in [-0.25, -0.2) is 0 Å². The molecule has 0 saturated carbocycles. The Morgan fingerprint density at radius 1 is 1.33 bits per heavy atom. The molecule has 24 heavy (non-hydrogen) atoms. The van der Waals surface area contributed by atoms with Crippen molar-refractivity contribution in [1.29, 1.82) is 0 Å². The zero-order valence-electron chi connectivity index (χ0n) is 14.0. The molecule has 1 saturated heterocycles. The molecule has 1 aliphatic rings. The number of carboxylic acids is 1. The van der Waals surface area contributed by atoms with Gasteiger partial charge in [-0.05, 0) is 30.9 Å². The number of carbonyl (C=O) groups excluding carboxylic acids is 1. The molecule has 6 heteroatoms. The van der Waals surface area contributed by atoms with Crippen LogP contribution in [0.15, 0.2) is 24.3 Å². The molecule has 1 unspecified atom stereocenters. The Bertz CT molecular complexity index is 554. The monoisotopic (exact) mass is 335 g/mol. The highest BCUT2D eigenvalue weighted by atomic mass is 16.5. The van der Waals surface area contributed by atoms with Crippen LogP contribution in [0.1, 0.15) is 42.9 Å². The van der Waals surface area contributed by atoms with E-state index in [9.17, 15) is 9.59 Å². The Labute approximate surface area is 142 Å². The van der Waals surface area contributed by atoms with E-state index in [-0.39, 0.29) is 24.9 Å². The minimum atomic E-state index is -0.943. The van der Waals surface area contributed by atoms with E-state index in [2.05, 4.69) is 5.32 Å². The van der Waals surface area contributed by atoms with E-state index in [1.54, 1.807) is 0 Å². The lowest BCUT2D eigenvalue weighted by Crippen LogP contribution is -2.32. The molecule has 1 aromatic rings. The largest absolute Gasteiger partial charge is 0.481 e. The quantitative estimate of drug-likeness (QED) is 0.761. The fourth-order valence-corrected chi connectivity index (χ4v) is 2.82. The van der Waals surface area contributed by atoms with Gasteiger partial charge in [0.15, 0.2) is 0 Å². The van der Waals surface area contributed by atoms with Crippen LogP contribution in [0.4, 0.5) is 0 Å². The number of rotatable bonds is 8. The summed E-state index contributed by atoms with van der Waals surface area (Å²) >= 11 is 0. The second-order valence-electron chi connectivity index (χ2n) is 6.01. The predicted octanol–water partition coefficient (Wildman–Crippen LogP) is 2.21. The van der Waals surface area contributed by atoms with E-state index < -0.39 is 12.0 Å². The Kier molecular flexibility index (Phi) is 7.21. The Hall–Kier alpha value is -1.92. The van der Waals surface area contributed by atoms with E-state index in [1.165, 1.54) is 0 Å². The first kappa shape index (κ1) is 18.4. The Morgan fingerprint density at radius 2 is 2.04 bits per heavy atom. The van der Waals surface area contributed by atoms with Crippen LogP contribution in [0.5, 0.6) is 0 Å². The summed E-state index contributed by atoms with van der Waals surface area (Å²) in [7, 11) is 0. The molecule has 0 spiro atoms. The lowest BCUT2D eigenvalue weighted by atomic mass is 9.98. The number of benzene rings is 1. The molecule has 2 rings (SSSR count). The van der Waals surface area contributed by atoms with Crippen LogP contribution in [-0.4, -0.2) is 42.9 Å². The van der Waals surface area contributed by atoms with E-state index in [4.69, 9.17) is 14.6 Å². The van der Waals surface area contributed by atoms with Gasteiger partial charge in [0.2, 0.25) is 5.91 Å². The summed E-state index contributed by atoms with van der Waals surface area (Å²) < 4.78 is 11.0. The van der Waals surface area contributed by atoms with Crippen molar-refractivity contribution in [3.8, 4) is 0 Å². The van der Waals surface area contributed by atoms with Crippen LogP contribution in [0.2, 0.25) is 0 Å². The molecule has 132 valence electrons. The van der Waals surface area contributed by atoms with Gasteiger partial charge in [-0.3, -0.25) is 9.59 Å². The molecule has 0 aliphatic carbocycles. The van der Waals surface area contributed by atoms with Crippen molar-refractivity contribution in [2.24, 2.45) is 0 Å². The summed E-state index contributed by atoms with van der Waals surface area (Å²) in [5.74, 6) is -1.14. The fraction of sp³-hybridized carbons (Fsp3) is 0.556. The van der Waals surface area contributed by atoms with E-state index in [0.717, 1.165) is 24.0 Å². The zero-order chi connectivity index (χ0) is 17.4. The van der Waals surface area contributed by atoms with Gasteiger partial charge in [-0.1, -0.05) is 24.3 Å². The SMILES string of the molecule is Cc1ccccc1C(CC(=O)O)NC(=O)CCOC1CCOCC1. The first-order chi connectivity index (χ1) is 11.6. The Morgan fingerprint density at radius 3 is 2.71 bits per heavy atom. The first-order valence-corrected chi connectivity index (χ1v) is 8.32. The minimum Gasteiger partial charge on any atom is -0.481 e. The number of ether oxygens (including phenoxy) is 2. The molecule has 1 aromatic carbocycles. The van der Waals surface area contributed by atoms with Crippen molar-refractivity contribution >= 4 is 11.9 Å². The van der Waals surface area contributed by atoms with Crippen molar-refractivity contribution < 1.29 is 24.2 Å². The molecule has 6 nitrogen and oxygen atoms in total. The van der Waals surface area contributed by atoms with Crippen LogP contribution in [0.3, 0.4) is 0 Å². The molecular formula is C18H25NO5. The number of nitrogens with one attached hydrogen (secondary N) is 1. The number of aryl methyl sites for hydroxylation is 1. The van der Waals surface area contributed by atoms with E-state index in [1.807, 2.05) is 31.2 Å². The maximum absolute atomic E-state index is 12.2. The van der Waals surface area contributed by atoms with Crippen LogP contribution in [0.25, 0.3) is 0 Å². The number of amides is 1. The van der Waals surface area contributed by atoms with Crippen LogP contribution >= 0.6 is 0 Å². The average molecular weight is 335 g/mol. The zero-order valence-corrected chi connectivity index (χ0v) is 14.0. The lowest BCUT2D eigenvalue weighted by molar-refractivity contribution is -0.137. The number of hydrogen-bond acceptors (Lipinski definition) is 4. The van der Waals surface area contributed by atoms with Gasteiger partial charge in [0.25, 0.3) is 0 Å². The summed E-state index contributed by atoms with van der Waals surface area (Å²) in [6, 6.07) is 6.96. The van der Waals surface area contributed by atoms with E-state index >= 15 is 0 Å². The van der Waals surface area contributed by atoms with Crippen molar-refractivity contribution in [3.63, 3.8) is 0 Å². The van der Waals surface area contributed by atoms with Gasteiger partial charge >= 0.3 is 5.97 Å². The maximum atomic E-state index is 12.2. The molecule has 1 atom stereocenters. The van der Waals surface area contributed by atoms with Gasteiger partial charge in [0.1, 0.15) is 0 Å². The number of carboxylic acid groups (broad SMARTS) is 1. The molecule has 0 radical (unpaired) electrons. The third-order valence-corrected chi connectivity index (χ3v) is 4.13. The van der Waals surface area contributed by atoms with Gasteiger partial charge in [0, 0.05) is 19.6 Å². The number of aliphatic carboxylic acids is 1. The minimum absolute atomic E-state index is 0.141. The van der Waals surface area contributed by atoms with Gasteiger partial charge in [0.05, 0.1) is 25.2 Å². The van der Waals surface area contributed by atoms with Gasteiger partial charge in [-0.2, -0.15) is 0 Å². The molecule has 2 N–H and O–H groups in total.